The van der Waals surface area contributed by atoms with Crippen molar-refractivity contribution in [2.24, 2.45) is 10.9 Å². The molecule has 0 amide bonds. The zero-order valence-electron chi connectivity index (χ0n) is 17.3. The molecule has 4 nitrogen and oxygen atoms in total. The number of aryl methyl sites for hydroxylation is 2. The SMILES string of the molecule is CCN(C)/C=N\c1cc(C)c(N(C)c2ccc3c(c2)CCC(C)C3=O)cc1Cl. The molecule has 0 N–H and O–H groups in total. The molecule has 0 saturated carbocycles. The minimum Gasteiger partial charge on any atom is -0.366 e. The van der Waals surface area contributed by atoms with Crippen molar-refractivity contribution in [3.63, 3.8) is 0 Å². The first-order valence-corrected chi connectivity index (χ1v) is 10.1. The fourth-order valence-corrected chi connectivity index (χ4v) is 3.71. The molecule has 28 heavy (non-hydrogen) atoms. The summed E-state index contributed by atoms with van der Waals surface area (Å²) in [7, 11) is 4.01. The second-order valence-corrected chi connectivity index (χ2v) is 8.02. The number of aliphatic imine (C=N–C) groups is 1. The highest BCUT2D eigenvalue weighted by Gasteiger charge is 2.24. The standard InChI is InChI=1S/C23H28ClN3O/c1-6-26(4)14-25-21-11-16(3)22(13-20(21)24)27(5)18-9-10-19-17(12-18)8-7-15(2)23(19)28/h9-15H,6-8H2,1-5H3/b25-14-. The van der Waals surface area contributed by atoms with Gasteiger partial charge in [-0.3, -0.25) is 4.79 Å². The van der Waals surface area contributed by atoms with E-state index in [-0.39, 0.29) is 11.7 Å². The van der Waals surface area contributed by atoms with Crippen LogP contribution in [-0.2, 0) is 6.42 Å². The molecule has 1 aliphatic rings. The first-order chi connectivity index (χ1) is 13.3. The van der Waals surface area contributed by atoms with Crippen molar-refractivity contribution in [3.05, 3.63) is 52.0 Å². The van der Waals surface area contributed by atoms with Gasteiger partial charge in [0.25, 0.3) is 0 Å². The van der Waals surface area contributed by atoms with E-state index in [9.17, 15) is 4.79 Å². The van der Waals surface area contributed by atoms with Crippen LogP contribution >= 0.6 is 11.6 Å². The summed E-state index contributed by atoms with van der Waals surface area (Å²) in [5.74, 6) is 0.380. The molecule has 0 radical (unpaired) electrons. The number of nitrogens with zero attached hydrogens (tertiary/aromatic N) is 3. The molecule has 0 spiro atoms. The summed E-state index contributed by atoms with van der Waals surface area (Å²) >= 11 is 6.51. The van der Waals surface area contributed by atoms with Gasteiger partial charge in [-0.2, -0.15) is 0 Å². The molecule has 3 rings (SSSR count). The zero-order chi connectivity index (χ0) is 20.4. The average Bonchev–Trinajstić information content (AvgIpc) is 2.70. The lowest BCUT2D eigenvalue weighted by atomic mass is 9.83. The Labute approximate surface area is 172 Å². The fraction of sp³-hybridized carbons (Fsp3) is 0.391. The summed E-state index contributed by atoms with van der Waals surface area (Å²) in [5, 5.41) is 0.621. The van der Waals surface area contributed by atoms with Crippen molar-refractivity contribution in [1.82, 2.24) is 4.90 Å². The molecule has 0 aliphatic heterocycles. The van der Waals surface area contributed by atoms with Gasteiger partial charge in [-0.15, -0.1) is 0 Å². The Bertz CT molecular complexity index is 922. The summed E-state index contributed by atoms with van der Waals surface area (Å²) in [5.41, 5.74) is 5.96. The number of Topliss-reactive ketones (excluding diaryl/α,β-unsaturated/α-hetero) is 1. The molecule has 2 aromatic rings. The highest BCUT2D eigenvalue weighted by atomic mass is 35.5. The Morgan fingerprint density at radius 2 is 2.00 bits per heavy atom. The van der Waals surface area contributed by atoms with Gasteiger partial charge in [0.15, 0.2) is 5.78 Å². The van der Waals surface area contributed by atoms with Crippen LogP contribution in [0.4, 0.5) is 17.1 Å². The molecule has 148 valence electrons. The molecule has 0 saturated heterocycles. The smallest absolute Gasteiger partial charge is 0.165 e. The average molecular weight is 398 g/mol. The van der Waals surface area contributed by atoms with E-state index in [1.165, 1.54) is 0 Å². The van der Waals surface area contributed by atoms with Gasteiger partial charge in [0.2, 0.25) is 0 Å². The Morgan fingerprint density at radius 3 is 2.71 bits per heavy atom. The van der Waals surface area contributed by atoms with Crippen LogP contribution in [-0.4, -0.2) is 37.7 Å². The molecule has 0 aromatic heterocycles. The maximum Gasteiger partial charge on any atom is 0.165 e. The molecule has 1 unspecified atom stereocenters. The van der Waals surface area contributed by atoms with Crippen molar-refractivity contribution in [1.29, 1.82) is 0 Å². The summed E-state index contributed by atoms with van der Waals surface area (Å²) in [6.07, 6.45) is 3.66. The second-order valence-electron chi connectivity index (χ2n) is 7.61. The molecule has 0 fully saturated rings. The first kappa shape index (κ1) is 20.4. The van der Waals surface area contributed by atoms with Crippen molar-refractivity contribution >= 4 is 40.8 Å². The van der Waals surface area contributed by atoms with E-state index in [1.807, 2.05) is 50.2 Å². The van der Waals surface area contributed by atoms with Gasteiger partial charge in [-0.1, -0.05) is 18.5 Å². The fourth-order valence-electron chi connectivity index (χ4n) is 3.50. The maximum atomic E-state index is 12.4. The molecule has 1 aliphatic carbocycles. The van der Waals surface area contributed by atoms with Gasteiger partial charge >= 0.3 is 0 Å². The number of anilines is 2. The Morgan fingerprint density at radius 1 is 1.25 bits per heavy atom. The summed E-state index contributed by atoms with van der Waals surface area (Å²) in [6.45, 7) is 7.04. The number of benzene rings is 2. The van der Waals surface area contributed by atoms with Gasteiger partial charge in [-0.25, -0.2) is 4.99 Å². The van der Waals surface area contributed by atoms with Gasteiger partial charge in [-0.05, 0) is 68.1 Å². The second kappa shape index (κ2) is 8.36. The van der Waals surface area contributed by atoms with E-state index in [1.54, 1.807) is 6.34 Å². The molecule has 0 heterocycles. The van der Waals surface area contributed by atoms with Gasteiger partial charge in [0, 0.05) is 43.5 Å². The van der Waals surface area contributed by atoms with Crippen LogP contribution in [0.15, 0.2) is 35.3 Å². The third-order valence-corrected chi connectivity index (χ3v) is 5.86. The summed E-state index contributed by atoms with van der Waals surface area (Å²) in [4.78, 5) is 21.0. The Balaban J connectivity index is 1.91. The summed E-state index contributed by atoms with van der Waals surface area (Å²) < 4.78 is 0. The lowest BCUT2D eigenvalue weighted by Gasteiger charge is -2.26. The minimum atomic E-state index is 0.122. The normalized spacial score (nSPS) is 16.4. The minimum absolute atomic E-state index is 0.122. The van der Waals surface area contributed by atoms with E-state index in [0.717, 1.165) is 53.1 Å². The van der Waals surface area contributed by atoms with Crippen LogP contribution in [0.3, 0.4) is 0 Å². The van der Waals surface area contributed by atoms with Crippen molar-refractivity contribution < 1.29 is 4.79 Å². The van der Waals surface area contributed by atoms with Crippen LogP contribution in [0, 0.1) is 12.8 Å². The Hall–Kier alpha value is -2.33. The number of carbonyl (C=O) groups is 1. The van der Waals surface area contributed by atoms with Gasteiger partial charge in [0.1, 0.15) is 0 Å². The van der Waals surface area contributed by atoms with E-state index in [2.05, 4.69) is 29.8 Å². The van der Waals surface area contributed by atoms with E-state index in [4.69, 9.17) is 11.6 Å². The number of rotatable bonds is 5. The number of carbonyl (C=O) groups excluding carboxylic acids is 1. The van der Waals surface area contributed by atoms with Crippen LogP contribution in [0.5, 0.6) is 0 Å². The van der Waals surface area contributed by atoms with E-state index >= 15 is 0 Å². The monoisotopic (exact) mass is 397 g/mol. The molecule has 5 heteroatoms. The van der Waals surface area contributed by atoms with Crippen molar-refractivity contribution in [3.8, 4) is 0 Å². The number of halogens is 1. The maximum absolute atomic E-state index is 12.4. The predicted molar refractivity (Wildman–Crippen MR) is 119 cm³/mol. The van der Waals surface area contributed by atoms with E-state index in [0.29, 0.717) is 5.02 Å². The van der Waals surface area contributed by atoms with E-state index < -0.39 is 0 Å². The van der Waals surface area contributed by atoms with Crippen LogP contribution in [0.25, 0.3) is 0 Å². The van der Waals surface area contributed by atoms with Crippen LogP contribution < -0.4 is 4.90 Å². The molecule has 1 atom stereocenters. The highest BCUT2D eigenvalue weighted by molar-refractivity contribution is 6.33. The first-order valence-electron chi connectivity index (χ1n) is 9.77. The van der Waals surface area contributed by atoms with Crippen LogP contribution in [0.2, 0.25) is 5.02 Å². The van der Waals surface area contributed by atoms with Crippen molar-refractivity contribution in [2.45, 2.75) is 33.6 Å². The third kappa shape index (κ3) is 4.07. The molecule has 0 bridgehead atoms. The van der Waals surface area contributed by atoms with Gasteiger partial charge in [0.05, 0.1) is 17.0 Å². The lowest BCUT2D eigenvalue weighted by Crippen LogP contribution is -2.20. The predicted octanol–water partition coefficient (Wildman–Crippen LogP) is 5.79. The molecule has 2 aromatic carbocycles. The number of fused-ring (bicyclic) bond motifs is 1. The van der Waals surface area contributed by atoms with Crippen LogP contribution in [0.1, 0.15) is 41.8 Å². The van der Waals surface area contributed by atoms with Gasteiger partial charge < -0.3 is 9.80 Å². The topological polar surface area (TPSA) is 35.9 Å². The number of ketones is 1. The third-order valence-electron chi connectivity index (χ3n) is 5.56. The highest BCUT2D eigenvalue weighted by Crippen LogP contribution is 2.37. The molecular weight excluding hydrogens is 370 g/mol. The number of hydrogen-bond acceptors (Lipinski definition) is 3. The van der Waals surface area contributed by atoms with Crippen molar-refractivity contribution in [2.75, 3.05) is 25.5 Å². The Kier molecular flexibility index (Phi) is 6.09. The summed E-state index contributed by atoms with van der Waals surface area (Å²) in [6, 6.07) is 10.1. The number of hydrogen-bond donors (Lipinski definition) is 0. The molecular formula is C23H28ClN3O. The lowest BCUT2D eigenvalue weighted by molar-refractivity contribution is 0.0913. The zero-order valence-corrected chi connectivity index (χ0v) is 18.0. The largest absolute Gasteiger partial charge is 0.366 e. The quantitative estimate of drug-likeness (QED) is 0.473.